The first kappa shape index (κ1) is 25.0. The number of nitrogens with one attached hydrogen (secondary N) is 2. The van der Waals surface area contributed by atoms with Crippen LogP contribution in [0.2, 0.25) is 0 Å². The van der Waals surface area contributed by atoms with E-state index in [9.17, 15) is 9.59 Å². The van der Waals surface area contributed by atoms with E-state index in [2.05, 4.69) is 34.2 Å². The normalized spacial score (nSPS) is 13.1. The molecule has 0 heterocycles. The highest BCUT2D eigenvalue weighted by Gasteiger charge is 2.22. The Labute approximate surface area is 164 Å². The van der Waals surface area contributed by atoms with Crippen LogP contribution in [-0.4, -0.2) is 68.4 Å². The first-order valence-corrected chi connectivity index (χ1v) is 9.55. The number of nitrogens with zero attached hydrogens (tertiary/aromatic N) is 2. The van der Waals surface area contributed by atoms with Crippen molar-refractivity contribution in [1.29, 1.82) is 0 Å². The minimum atomic E-state index is -0.521. The van der Waals surface area contributed by atoms with Gasteiger partial charge in [0.1, 0.15) is 5.60 Å². The molecule has 0 aliphatic carbocycles. The van der Waals surface area contributed by atoms with Crippen LogP contribution in [-0.2, 0) is 14.3 Å². The van der Waals surface area contributed by atoms with Gasteiger partial charge >= 0.3 is 12.1 Å². The highest BCUT2D eigenvalue weighted by Crippen LogP contribution is 2.11. The van der Waals surface area contributed by atoms with Gasteiger partial charge in [-0.2, -0.15) is 0 Å². The van der Waals surface area contributed by atoms with Crippen LogP contribution < -0.4 is 10.6 Å². The molecule has 0 rings (SSSR count). The van der Waals surface area contributed by atoms with E-state index in [4.69, 9.17) is 4.74 Å². The first-order chi connectivity index (χ1) is 12.5. The van der Waals surface area contributed by atoms with Gasteiger partial charge in [0.15, 0.2) is 5.96 Å². The van der Waals surface area contributed by atoms with Gasteiger partial charge in [-0.3, -0.25) is 9.79 Å². The minimum absolute atomic E-state index is 0.0137. The second-order valence-electron chi connectivity index (χ2n) is 7.77. The average molecular weight is 387 g/mol. The molecule has 158 valence electrons. The molecule has 8 heteroatoms. The second-order valence-corrected chi connectivity index (χ2v) is 7.77. The molecule has 0 radical (unpaired) electrons. The van der Waals surface area contributed by atoms with Crippen molar-refractivity contribution in [3.8, 4) is 0 Å². The number of guanidine groups is 1. The zero-order valence-corrected chi connectivity index (χ0v) is 18.2. The summed E-state index contributed by atoms with van der Waals surface area (Å²) in [7, 11) is 3.30. The summed E-state index contributed by atoms with van der Waals surface area (Å²) in [6.45, 7) is 13.5. The number of amides is 1. The third-order valence-corrected chi connectivity index (χ3v) is 3.78. The second kappa shape index (κ2) is 12.4. The summed E-state index contributed by atoms with van der Waals surface area (Å²) < 4.78 is 9.99. The summed E-state index contributed by atoms with van der Waals surface area (Å²) in [4.78, 5) is 29.7. The van der Waals surface area contributed by atoms with Gasteiger partial charge in [-0.15, -0.1) is 0 Å². The zero-order valence-electron chi connectivity index (χ0n) is 18.2. The predicted octanol–water partition coefficient (Wildman–Crippen LogP) is 2.39. The smallest absolute Gasteiger partial charge is 0.407 e. The van der Waals surface area contributed by atoms with Crippen molar-refractivity contribution >= 4 is 18.0 Å². The van der Waals surface area contributed by atoms with Crippen molar-refractivity contribution in [2.45, 2.75) is 66.0 Å². The number of aliphatic imine (C=N–C) groups is 1. The van der Waals surface area contributed by atoms with Gasteiger partial charge in [0, 0.05) is 26.2 Å². The molecule has 1 atom stereocenters. The summed E-state index contributed by atoms with van der Waals surface area (Å²) in [6.07, 6.45) is 0.589. The fourth-order valence-electron chi connectivity index (χ4n) is 2.29. The van der Waals surface area contributed by atoms with Gasteiger partial charge in [-0.1, -0.05) is 13.8 Å². The maximum absolute atomic E-state index is 12.1. The van der Waals surface area contributed by atoms with Gasteiger partial charge in [-0.25, -0.2) is 4.79 Å². The topological polar surface area (TPSA) is 92.3 Å². The molecule has 1 unspecified atom stereocenters. The Bertz CT molecular complexity index is 487. The van der Waals surface area contributed by atoms with E-state index < -0.39 is 11.7 Å². The number of hydrogen-bond acceptors (Lipinski definition) is 5. The Balaban J connectivity index is 4.74. The fourth-order valence-corrected chi connectivity index (χ4v) is 2.29. The molecule has 0 aliphatic heterocycles. The number of methoxy groups -OCH3 is 1. The van der Waals surface area contributed by atoms with Crippen molar-refractivity contribution in [1.82, 2.24) is 15.5 Å². The first-order valence-electron chi connectivity index (χ1n) is 9.55. The van der Waals surface area contributed by atoms with Gasteiger partial charge in [0.2, 0.25) is 0 Å². The Kier molecular flexibility index (Phi) is 11.5. The van der Waals surface area contributed by atoms with Gasteiger partial charge in [-0.05, 0) is 40.0 Å². The van der Waals surface area contributed by atoms with E-state index in [1.807, 2.05) is 39.6 Å². The Morgan fingerprint density at radius 1 is 1.22 bits per heavy atom. The van der Waals surface area contributed by atoms with E-state index >= 15 is 0 Å². The SMILES string of the molecule is CCNC(=NCCC(=O)OC)N(C)CCC(NC(=O)OC(C)(C)C)C(C)C. The lowest BCUT2D eigenvalue weighted by molar-refractivity contribution is -0.140. The molecule has 0 aliphatic rings. The van der Waals surface area contributed by atoms with Crippen LogP contribution in [0.25, 0.3) is 0 Å². The Hall–Kier alpha value is -1.99. The average Bonchev–Trinajstić information content (AvgIpc) is 2.55. The largest absolute Gasteiger partial charge is 0.469 e. The molecule has 0 aromatic carbocycles. The maximum Gasteiger partial charge on any atom is 0.407 e. The molecule has 2 N–H and O–H groups in total. The molecule has 1 amide bonds. The fraction of sp³-hybridized carbons (Fsp3) is 0.842. The summed E-state index contributed by atoms with van der Waals surface area (Å²) in [5.74, 6) is 0.713. The summed E-state index contributed by atoms with van der Waals surface area (Å²) in [5.41, 5.74) is -0.521. The Morgan fingerprint density at radius 2 is 1.85 bits per heavy atom. The van der Waals surface area contributed by atoms with Crippen LogP contribution >= 0.6 is 0 Å². The monoisotopic (exact) mass is 386 g/mol. The number of ether oxygens (including phenoxy) is 2. The van der Waals surface area contributed by atoms with E-state index in [1.165, 1.54) is 7.11 Å². The van der Waals surface area contributed by atoms with Gasteiger partial charge in [0.25, 0.3) is 0 Å². The number of carbonyl (C=O) groups excluding carboxylic acids is 2. The van der Waals surface area contributed by atoms with Crippen molar-refractivity contribution in [3.63, 3.8) is 0 Å². The summed E-state index contributed by atoms with van der Waals surface area (Å²) >= 11 is 0. The lowest BCUT2D eigenvalue weighted by Gasteiger charge is -2.28. The number of hydrogen-bond donors (Lipinski definition) is 2. The predicted molar refractivity (Wildman–Crippen MR) is 108 cm³/mol. The zero-order chi connectivity index (χ0) is 21.0. The van der Waals surface area contributed by atoms with Crippen molar-refractivity contribution in [2.24, 2.45) is 10.9 Å². The summed E-state index contributed by atoms with van der Waals surface area (Å²) in [6, 6.07) is -0.0137. The molecule has 0 saturated carbocycles. The highest BCUT2D eigenvalue weighted by atomic mass is 16.6. The van der Waals surface area contributed by atoms with Gasteiger partial charge < -0.3 is 25.0 Å². The number of carbonyl (C=O) groups is 2. The highest BCUT2D eigenvalue weighted by molar-refractivity contribution is 5.80. The van der Waals surface area contributed by atoms with Crippen molar-refractivity contribution in [3.05, 3.63) is 0 Å². The van der Waals surface area contributed by atoms with Crippen LogP contribution in [0.3, 0.4) is 0 Å². The van der Waals surface area contributed by atoms with Crippen LogP contribution in [0, 0.1) is 5.92 Å². The van der Waals surface area contributed by atoms with Crippen LogP contribution in [0.5, 0.6) is 0 Å². The molecule has 0 spiro atoms. The van der Waals surface area contributed by atoms with Crippen molar-refractivity contribution in [2.75, 3.05) is 33.8 Å². The molecular weight excluding hydrogens is 348 g/mol. The molecule has 8 nitrogen and oxygen atoms in total. The summed E-state index contributed by atoms with van der Waals surface area (Å²) in [5, 5.41) is 6.17. The molecule has 0 aromatic rings. The molecular formula is C19H38N4O4. The number of esters is 1. The van der Waals surface area contributed by atoms with E-state index in [0.717, 1.165) is 18.9 Å². The minimum Gasteiger partial charge on any atom is -0.469 e. The maximum atomic E-state index is 12.1. The quantitative estimate of drug-likeness (QED) is 0.359. The third-order valence-electron chi connectivity index (χ3n) is 3.78. The molecule has 27 heavy (non-hydrogen) atoms. The van der Waals surface area contributed by atoms with Crippen molar-refractivity contribution < 1.29 is 19.1 Å². The molecule has 0 bridgehead atoms. The standard InChI is InChI=1S/C19H38N4O4/c1-9-20-17(21-12-10-16(24)26-8)23(7)13-11-15(14(2)3)22-18(25)27-19(4,5)6/h14-15H,9-13H2,1-8H3,(H,20,21)(H,22,25). The Morgan fingerprint density at radius 3 is 2.33 bits per heavy atom. The molecule has 0 fully saturated rings. The van der Waals surface area contributed by atoms with E-state index in [0.29, 0.717) is 13.1 Å². The third kappa shape index (κ3) is 12.1. The lowest BCUT2D eigenvalue weighted by Crippen LogP contribution is -2.45. The van der Waals surface area contributed by atoms with Gasteiger partial charge in [0.05, 0.1) is 20.1 Å². The van der Waals surface area contributed by atoms with E-state index in [1.54, 1.807) is 0 Å². The lowest BCUT2D eigenvalue weighted by atomic mass is 10.0. The molecule has 0 saturated heterocycles. The van der Waals surface area contributed by atoms with E-state index in [-0.39, 0.29) is 24.3 Å². The van der Waals surface area contributed by atoms with Crippen LogP contribution in [0.4, 0.5) is 4.79 Å². The molecule has 0 aromatic heterocycles. The number of alkyl carbamates (subject to hydrolysis) is 1. The number of rotatable bonds is 9. The van der Waals surface area contributed by atoms with Crippen LogP contribution in [0.1, 0.15) is 54.4 Å². The van der Waals surface area contributed by atoms with Crippen LogP contribution in [0.15, 0.2) is 4.99 Å².